The average Bonchev–Trinajstić information content (AvgIpc) is 3.72. The maximum Gasteiger partial charge on any atom is 0.435 e. The SMILES string of the molecule is O=C(O)C1CCC(C(=O)N2CCC(c3ccc(C(F)(C(F)(F)F)C(F)(F)F)cc3)(S(=O)(=O)c3cccc(-c4ccsc4)c3)C2)CC1. The summed E-state index contributed by atoms with van der Waals surface area (Å²) in [5, 5.41) is 12.9. The first-order valence-electron chi connectivity index (χ1n) is 14.2. The van der Waals surface area contributed by atoms with Gasteiger partial charge in [0.25, 0.3) is 0 Å². The molecule has 46 heavy (non-hydrogen) atoms. The lowest BCUT2D eigenvalue weighted by atomic mass is 9.81. The molecule has 1 aliphatic heterocycles. The lowest BCUT2D eigenvalue weighted by molar-refractivity contribution is -0.348. The van der Waals surface area contributed by atoms with Crippen molar-refractivity contribution in [2.75, 3.05) is 13.1 Å². The molecule has 1 aliphatic carbocycles. The summed E-state index contributed by atoms with van der Waals surface area (Å²) in [4.78, 5) is 26.0. The van der Waals surface area contributed by atoms with Gasteiger partial charge in [-0.25, -0.2) is 12.8 Å². The minimum Gasteiger partial charge on any atom is -0.481 e. The third kappa shape index (κ3) is 5.69. The Kier molecular flexibility index (Phi) is 8.81. The van der Waals surface area contributed by atoms with Crippen LogP contribution in [-0.2, 0) is 29.8 Å². The number of likely N-dealkylation sites (tertiary alicyclic amines) is 1. The maximum absolute atomic E-state index is 14.8. The van der Waals surface area contributed by atoms with Crippen molar-refractivity contribution in [2.24, 2.45) is 11.8 Å². The Bertz CT molecular complexity index is 1680. The van der Waals surface area contributed by atoms with Crippen LogP contribution in [-0.4, -0.2) is 55.7 Å². The Balaban J connectivity index is 1.56. The van der Waals surface area contributed by atoms with Crippen molar-refractivity contribution in [1.29, 1.82) is 0 Å². The van der Waals surface area contributed by atoms with Gasteiger partial charge in [0.15, 0.2) is 9.84 Å². The van der Waals surface area contributed by atoms with E-state index in [2.05, 4.69) is 0 Å². The van der Waals surface area contributed by atoms with Gasteiger partial charge in [-0.2, -0.15) is 37.7 Å². The van der Waals surface area contributed by atoms with Crippen LogP contribution in [0.25, 0.3) is 11.1 Å². The van der Waals surface area contributed by atoms with E-state index in [4.69, 9.17) is 0 Å². The van der Waals surface area contributed by atoms with Crippen molar-refractivity contribution in [1.82, 2.24) is 4.90 Å². The Morgan fingerprint density at radius 3 is 2.00 bits per heavy atom. The van der Waals surface area contributed by atoms with E-state index in [9.17, 15) is 53.8 Å². The molecular formula is C31H28F7NO5S2. The van der Waals surface area contributed by atoms with Gasteiger partial charge in [0, 0.05) is 24.6 Å². The molecule has 2 fully saturated rings. The monoisotopic (exact) mass is 691 g/mol. The number of carbonyl (C=O) groups is 2. The van der Waals surface area contributed by atoms with Gasteiger partial charge in [-0.15, -0.1) is 0 Å². The second kappa shape index (κ2) is 12.0. The fourth-order valence-electron chi connectivity index (χ4n) is 6.41. The number of hydrogen-bond acceptors (Lipinski definition) is 5. The summed E-state index contributed by atoms with van der Waals surface area (Å²) in [6.07, 6.45) is -11.9. The number of alkyl halides is 7. The number of carboxylic acid groups (broad SMARTS) is 1. The van der Waals surface area contributed by atoms with Gasteiger partial charge in [0.05, 0.1) is 10.8 Å². The van der Waals surface area contributed by atoms with Gasteiger partial charge < -0.3 is 10.0 Å². The number of carbonyl (C=O) groups excluding carboxylic acids is 1. The van der Waals surface area contributed by atoms with Crippen LogP contribution in [0.2, 0.25) is 0 Å². The number of aliphatic carboxylic acids is 1. The average molecular weight is 692 g/mol. The van der Waals surface area contributed by atoms with Gasteiger partial charge in [-0.05, 0) is 77.8 Å². The van der Waals surface area contributed by atoms with Gasteiger partial charge in [0.2, 0.25) is 5.91 Å². The predicted molar refractivity (Wildman–Crippen MR) is 154 cm³/mol. The van der Waals surface area contributed by atoms with Crippen molar-refractivity contribution in [2.45, 2.75) is 59.8 Å². The molecule has 1 unspecified atom stereocenters. The molecule has 1 amide bonds. The highest BCUT2D eigenvalue weighted by molar-refractivity contribution is 7.92. The number of benzene rings is 2. The zero-order valence-electron chi connectivity index (χ0n) is 23.9. The summed E-state index contributed by atoms with van der Waals surface area (Å²) in [7, 11) is -4.50. The molecule has 2 heterocycles. The first kappa shape index (κ1) is 33.9. The minimum absolute atomic E-state index is 0.0962. The van der Waals surface area contributed by atoms with Crippen molar-refractivity contribution < 1.29 is 53.8 Å². The smallest absolute Gasteiger partial charge is 0.435 e. The van der Waals surface area contributed by atoms with Crippen LogP contribution in [0.15, 0.2) is 70.3 Å². The van der Waals surface area contributed by atoms with Crippen molar-refractivity contribution in [3.05, 3.63) is 76.5 Å². The van der Waals surface area contributed by atoms with Crippen LogP contribution in [0.3, 0.4) is 0 Å². The normalized spacial score (nSPS) is 23.0. The Labute approximate surface area is 263 Å². The third-order valence-electron chi connectivity index (χ3n) is 9.07. The van der Waals surface area contributed by atoms with Crippen molar-refractivity contribution >= 4 is 33.1 Å². The summed E-state index contributed by atoms with van der Waals surface area (Å²) >= 11 is 1.38. The summed E-state index contributed by atoms with van der Waals surface area (Å²) in [6, 6.07) is 9.73. The second-order valence-corrected chi connectivity index (χ2v) is 14.7. The van der Waals surface area contributed by atoms with Crippen LogP contribution in [0.5, 0.6) is 0 Å². The number of amides is 1. The van der Waals surface area contributed by atoms with E-state index in [0.717, 1.165) is 17.7 Å². The molecule has 1 aromatic heterocycles. The van der Waals surface area contributed by atoms with E-state index in [-0.39, 0.29) is 61.2 Å². The van der Waals surface area contributed by atoms with E-state index in [0.29, 0.717) is 5.56 Å². The standard InChI is InChI=1S/C31H28F7NO5S2/c32-29(30(33,34)35,31(36,37)38)24-10-8-23(9-11-24)28(46(43,44)25-3-1-2-21(16-25)22-12-15-45-17-22)13-14-39(18-28)26(40)19-4-6-20(7-5-19)27(41)42/h1-3,8-12,15-17,19-20H,4-7,13-14,18H2,(H,41,42). The van der Waals surface area contributed by atoms with E-state index in [1.54, 1.807) is 22.9 Å². The van der Waals surface area contributed by atoms with E-state index < -0.39 is 68.4 Å². The van der Waals surface area contributed by atoms with Crippen molar-refractivity contribution in [3.8, 4) is 11.1 Å². The number of thiophene rings is 1. The van der Waals surface area contributed by atoms with Crippen molar-refractivity contribution in [3.63, 3.8) is 0 Å². The van der Waals surface area contributed by atoms with E-state index in [1.807, 2.05) is 0 Å². The number of hydrogen-bond donors (Lipinski definition) is 1. The lowest BCUT2D eigenvalue weighted by Gasteiger charge is -2.33. The van der Waals surface area contributed by atoms with Gasteiger partial charge in [-0.1, -0.05) is 36.4 Å². The fraction of sp³-hybridized carbons (Fsp3) is 0.419. The molecule has 15 heteroatoms. The predicted octanol–water partition coefficient (Wildman–Crippen LogP) is 7.50. The molecule has 1 saturated carbocycles. The first-order chi connectivity index (χ1) is 21.4. The van der Waals surface area contributed by atoms with Crippen LogP contribution in [0.4, 0.5) is 30.7 Å². The maximum atomic E-state index is 14.8. The molecule has 0 bridgehead atoms. The first-order valence-corrected chi connectivity index (χ1v) is 16.7. The quantitative estimate of drug-likeness (QED) is 0.259. The Morgan fingerprint density at radius 2 is 1.46 bits per heavy atom. The van der Waals surface area contributed by atoms with E-state index >= 15 is 0 Å². The van der Waals surface area contributed by atoms with Crippen LogP contribution in [0.1, 0.15) is 43.2 Å². The van der Waals surface area contributed by atoms with E-state index in [1.165, 1.54) is 34.4 Å². The molecule has 5 rings (SSSR count). The molecule has 1 atom stereocenters. The highest BCUT2D eigenvalue weighted by Crippen LogP contribution is 2.54. The van der Waals surface area contributed by atoms with Crippen LogP contribution >= 0.6 is 11.3 Å². The number of nitrogens with zero attached hydrogens (tertiary/aromatic N) is 1. The summed E-state index contributed by atoms with van der Waals surface area (Å²) in [6.45, 7) is -0.560. The van der Waals surface area contributed by atoms with Gasteiger partial charge in [0.1, 0.15) is 4.75 Å². The molecule has 248 valence electrons. The highest BCUT2D eigenvalue weighted by atomic mass is 32.2. The second-order valence-electron chi connectivity index (χ2n) is 11.7. The largest absolute Gasteiger partial charge is 0.481 e. The summed E-state index contributed by atoms with van der Waals surface area (Å²) < 4.78 is 123. The molecule has 2 aromatic carbocycles. The lowest BCUT2D eigenvalue weighted by Crippen LogP contribution is -2.50. The number of sulfone groups is 1. The summed E-state index contributed by atoms with van der Waals surface area (Å²) in [5.74, 6) is -2.57. The Hall–Kier alpha value is -3.46. The van der Waals surface area contributed by atoms with Gasteiger partial charge in [-0.3, -0.25) is 9.59 Å². The topological polar surface area (TPSA) is 91.8 Å². The molecular weight excluding hydrogens is 663 g/mol. The minimum atomic E-state index is -6.35. The Morgan fingerprint density at radius 1 is 0.848 bits per heavy atom. The molecule has 1 saturated heterocycles. The number of carboxylic acids is 1. The molecule has 1 N–H and O–H groups in total. The van der Waals surface area contributed by atoms with Crippen LogP contribution in [0, 0.1) is 11.8 Å². The zero-order valence-corrected chi connectivity index (χ0v) is 25.6. The molecule has 3 aromatic rings. The number of rotatable bonds is 7. The molecule has 0 radical (unpaired) electrons. The van der Waals surface area contributed by atoms with Crippen LogP contribution < -0.4 is 0 Å². The molecule has 6 nitrogen and oxygen atoms in total. The van der Waals surface area contributed by atoms with Gasteiger partial charge >= 0.3 is 24.0 Å². The fourth-order valence-corrected chi connectivity index (χ4v) is 9.20. The highest BCUT2D eigenvalue weighted by Gasteiger charge is 2.73. The summed E-state index contributed by atoms with van der Waals surface area (Å²) in [5.41, 5.74) is -6.39. The zero-order chi connectivity index (χ0) is 33.7. The third-order valence-corrected chi connectivity index (χ3v) is 12.2. The molecule has 2 aliphatic rings. The number of halogens is 7. The molecule has 0 spiro atoms.